The first-order valence-electron chi connectivity index (χ1n) is 6.99. The predicted octanol–water partition coefficient (Wildman–Crippen LogP) is 3.41. The second kappa shape index (κ2) is 6.37. The van der Waals surface area contributed by atoms with Crippen LogP contribution in [0.3, 0.4) is 0 Å². The molecule has 1 heterocycles. The highest BCUT2D eigenvalue weighted by atomic mass is 16.3. The molecule has 2 atom stereocenters. The van der Waals surface area contributed by atoms with Gasteiger partial charge in [-0.1, -0.05) is 60.7 Å². The highest BCUT2D eigenvalue weighted by molar-refractivity contribution is 5.29. The third kappa shape index (κ3) is 3.20. The summed E-state index contributed by atoms with van der Waals surface area (Å²) >= 11 is 0. The van der Waals surface area contributed by atoms with Crippen LogP contribution in [0, 0.1) is 0 Å². The molecule has 2 aromatic carbocycles. The van der Waals surface area contributed by atoms with Crippen LogP contribution in [0.25, 0.3) is 0 Å². The Bertz CT molecular complexity index is 650. The molecule has 106 valence electrons. The third-order valence-electron chi connectivity index (χ3n) is 3.60. The van der Waals surface area contributed by atoms with E-state index in [0.717, 1.165) is 16.8 Å². The van der Waals surface area contributed by atoms with E-state index in [1.165, 1.54) is 6.39 Å². The van der Waals surface area contributed by atoms with Crippen molar-refractivity contribution in [1.29, 1.82) is 0 Å². The summed E-state index contributed by atoms with van der Waals surface area (Å²) in [6.07, 6.45) is 3.03. The normalized spacial score (nSPS) is 13.8. The molecule has 0 aliphatic rings. The van der Waals surface area contributed by atoms with Crippen molar-refractivity contribution in [3.63, 3.8) is 0 Å². The Labute approximate surface area is 123 Å². The molecule has 1 aromatic heterocycles. The maximum Gasteiger partial charge on any atom is 0.180 e. The van der Waals surface area contributed by atoms with E-state index in [9.17, 15) is 5.11 Å². The number of aromatic nitrogens is 1. The fourth-order valence-electron chi connectivity index (χ4n) is 2.60. The first-order valence-corrected chi connectivity index (χ1v) is 6.99. The molecule has 0 aliphatic heterocycles. The fraction of sp³-hybridized carbons (Fsp3) is 0.167. The lowest BCUT2D eigenvalue weighted by atomic mass is 9.87. The van der Waals surface area contributed by atoms with Crippen LogP contribution in [-0.2, 0) is 6.42 Å². The molecule has 1 N–H and O–H groups in total. The van der Waals surface area contributed by atoms with Gasteiger partial charge in [0, 0.05) is 0 Å². The quantitative estimate of drug-likeness (QED) is 0.778. The maximum absolute atomic E-state index is 10.7. The maximum atomic E-state index is 10.7. The monoisotopic (exact) mass is 279 g/mol. The summed E-state index contributed by atoms with van der Waals surface area (Å²) in [4.78, 5) is 4.23. The molecule has 0 radical (unpaired) electrons. The van der Waals surface area contributed by atoms with Gasteiger partial charge in [-0.05, 0) is 17.5 Å². The number of oxazole rings is 1. The molecule has 3 aromatic rings. The molecule has 2 unspecified atom stereocenters. The van der Waals surface area contributed by atoms with Crippen molar-refractivity contribution >= 4 is 0 Å². The summed E-state index contributed by atoms with van der Waals surface area (Å²) in [5.74, 6) is -0.190. The Morgan fingerprint density at radius 3 is 2.24 bits per heavy atom. The van der Waals surface area contributed by atoms with E-state index in [0.29, 0.717) is 6.42 Å². The van der Waals surface area contributed by atoms with Gasteiger partial charge in [-0.25, -0.2) is 4.98 Å². The van der Waals surface area contributed by atoms with Crippen LogP contribution in [0.5, 0.6) is 0 Å². The minimum atomic E-state index is -0.556. The van der Waals surface area contributed by atoms with Gasteiger partial charge in [-0.15, -0.1) is 0 Å². The standard InChI is InChI=1S/C18H17NO2/c20-17(11-14-7-3-1-4-8-14)18(16-12-21-13-19-16)15-9-5-2-6-10-15/h1-10,12-13,17-18,20H,11H2. The van der Waals surface area contributed by atoms with Crippen molar-refractivity contribution in [2.45, 2.75) is 18.4 Å². The minimum Gasteiger partial charge on any atom is -0.451 e. The van der Waals surface area contributed by atoms with E-state index in [4.69, 9.17) is 4.42 Å². The zero-order chi connectivity index (χ0) is 14.5. The summed E-state index contributed by atoms with van der Waals surface area (Å²) in [6, 6.07) is 19.9. The smallest absolute Gasteiger partial charge is 0.180 e. The fourth-order valence-corrected chi connectivity index (χ4v) is 2.60. The van der Waals surface area contributed by atoms with Crippen LogP contribution < -0.4 is 0 Å². The number of rotatable bonds is 5. The van der Waals surface area contributed by atoms with E-state index in [1.54, 1.807) is 6.26 Å². The van der Waals surface area contributed by atoms with Gasteiger partial charge >= 0.3 is 0 Å². The van der Waals surface area contributed by atoms with Crippen LogP contribution in [-0.4, -0.2) is 16.2 Å². The largest absolute Gasteiger partial charge is 0.451 e. The van der Waals surface area contributed by atoms with Crippen LogP contribution in [0.1, 0.15) is 22.7 Å². The first kappa shape index (κ1) is 13.6. The van der Waals surface area contributed by atoms with E-state index >= 15 is 0 Å². The Morgan fingerprint density at radius 2 is 1.62 bits per heavy atom. The SMILES string of the molecule is OC(Cc1ccccc1)C(c1ccccc1)c1cocn1. The van der Waals surface area contributed by atoms with Crippen molar-refractivity contribution in [2.75, 3.05) is 0 Å². The summed E-state index contributed by atoms with van der Waals surface area (Å²) in [7, 11) is 0. The molecular formula is C18H17NO2. The molecular weight excluding hydrogens is 262 g/mol. The van der Waals surface area contributed by atoms with Crippen LogP contribution in [0.4, 0.5) is 0 Å². The lowest BCUT2D eigenvalue weighted by Gasteiger charge is -2.21. The summed E-state index contributed by atoms with van der Waals surface area (Å²) < 4.78 is 5.10. The topological polar surface area (TPSA) is 46.3 Å². The number of nitrogens with zero attached hydrogens (tertiary/aromatic N) is 1. The molecule has 0 aliphatic carbocycles. The molecule has 0 amide bonds. The highest BCUT2D eigenvalue weighted by Crippen LogP contribution is 2.28. The Morgan fingerprint density at radius 1 is 0.952 bits per heavy atom. The second-order valence-electron chi connectivity index (χ2n) is 5.06. The first-order chi connectivity index (χ1) is 10.3. The van der Waals surface area contributed by atoms with Crippen molar-refractivity contribution in [3.05, 3.63) is 90.1 Å². The van der Waals surface area contributed by atoms with Crippen molar-refractivity contribution in [3.8, 4) is 0 Å². The van der Waals surface area contributed by atoms with Gasteiger partial charge in [0.05, 0.1) is 17.7 Å². The van der Waals surface area contributed by atoms with Gasteiger partial charge in [-0.3, -0.25) is 0 Å². The van der Waals surface area contributed by atoms with Gasteiger partial charge in [0.1, 0.15) is 6.26 Å². The van der Waals surface area contributed by atoms with Gasteiger partial charge in [0.15, 0.2) is 6.39 Å². The van der Waals surface area contributed by atoms with E-state index < -0.39 is 6.10 Å². The average molecular weight is 279 g/mol. The van der Waals surface area contributed by atoms with Gasteiger partial charge in [0.2, 0.25) is 0 Å². The molecule has 3 heteroatoms. The molecule has 0 saturated heterocycles. The Hall–Kier alpha value is -2.39. The zero-order valence-electron chi connectivity index (χ0n) is 11.6. The summed E-state index contributed by atoms with van der Waals surface area (Å²) in [6.45, 7) is 0. The third-order valence-corrected chi connectivity index (χ3v) is 3.60. The number of benzene rings is 2. The van der Waals surface area contributed by atoms with E-state index in [-0.39, 0.29) is 5.92 Å². The zero-order valence-corrected chi connectivity index (χ0v) is 11.6. The molecule has 0 bridgehead atoms. The average Bonchev–Trinajstić information content (AvgIpc) is 3.03. The second-order valence-corrected chi connectivity index (χ2v) is 5.06. The van der Waals surface area contributed by atoms with Crippen molar-refractivity contribution in [2.24, 2.45) is 0 Å². The van der Waals surface area contributed by atoms with Crippen molar-refractivity contribution < 1.29 is 9.52 Å². The van der Waals surface area contributed by atoms with Crippen LogP contribution in [0.2, 0.25) is 0 Å². The molecule has 0 fully saturated rings. The highest BCUT2D eigenvalue weighted by Gasteiger charge is 2.25. The van der Waals surface area contributed by atoms with Gasteiger partial charge < -0.3 is 9.52 Å². The molecule has 0 spiro atoms. The van der Waals surface area contributed by atoms with Crippen LogP contribution in [0.15, 0.2) is 77.7 Å². The summed E-state index contributed by atoms with van der Waals surface area (Å²) in [5.41, 5.74) is 2.90. The molecule has 3 nitrogen and oxygen atoms in total. The Balaban J connectivity index is 1.89. The number of hydrogen-bond donors (Lipinski definition) is 1. The molecule has 3 rings (SSSR count). The van der Waals surface area contributed by atoms with Gasteiger partial charge in [-0.2, -0.15) is 0 Å². The van der Waals surface area contributed by atoms with E-state index in [1.807, 2.05) is 60.7 Å². The summed E-state index contributed by atoms with van der Waals surface area (Å²) in [5, 5.41) is 10.7. The molecule has 0 saturated carbocycles. The molecule has 21 heavy (non-hydrogen) atoms. The lowest BCUT2D eigenvalue weighted by Crippen LogP contribution is -2.22. The lowest BCUT2D eigenvalue weighted by molar-refractivity contribution is 0.155. The van der Waals surface area contributed by atoms with Crippen molar-refractivity contribution in [1.82, 2.24) is 4.98 Å². The van der Waals surface area contributed by atoms with Crippen LogP contribution >= 0.6 is 0 Å². The predicted molar refractivity (Wildman–Crippen MR) is 80.9 cm³/mol. The number of hydrogen-bond acceptors (Lipinski definition) is 3. The Kier molecular flexibility index (Phi) is 4.12. The number of aliphatic hydroxyl groups is 1. The number of aliphatic hydroxyl groups excluding tert-OH is 1. The van der Waals surface area contributed by atoms with E-state index in [2.05, 4.69) is 4.98 Å². The minimum absolute atomic E-state index is 0.190. The van der Waals surface area contributed by atoms with Gasteiger partial charge in [0.25, 0.3) is 0 Å².